The number of piperazine rings is 1. The molecule has 142 valence electrons. The number of likely N-dealkylation sites (N-methyl/N-ethyl adjacent to an activating group) is 1. The predicted octanol–water partition coefficient (Wildman–Crippen LogP) is 2.58. The smallest absolute Gasteiger partial charge is 0.314 e. The molecule has 27 heavy (non-hydrogen) atoms. The van der Waals surface area contributed by atoms with Crippen molar-refractivity contribution in [2.24, 2.45) is 0 Å². The Kier molecular flexibility index (Phi) is 6.08. The zero-order valence-corrected chi connectivity index (χ0v) is 15.9. The van der Waals surface area contributed by atoms with Gasteiger partial charge in [0.15, 0.2) is 0 Å². The van der Waals surface area contributed by atoms with Crippen molar-refractivity contribution in [3.63, 3.8) is 0 Å². The lowest BCUT2D eigenvalue weighted by Crippen LogP contribution is -2.44. The van der Waals surface area contributed by atoms with Gasteiger partial charge in [-0.15, -0.1) is 0 Å². The van der Waals surface area contributed by atoms with E-state index in [-0.39, 0.29) is 0 Å². The fourth-order valence-electron chi connectivity index (χ4n) is 3.14. The molecule has 2 amide bonds. The Bertz CT molecular complexity index is 796. The van der Waals surface area contributed by atoms with Gasteiger partial charge in [0.25, 0.3) is 0 Å². The molecule has 0 spiro atoms. The number of carbonyl (C=O) groups is 2. The van der Waals surface area contributed by atoms with E-state index in [1.165, 1.54) is 0 Å². The molecule has 2 N–H and O–H groups in total. The maximum absolute atomic E-state index is 12.2. The molecule has 3 rings (SSSR count). The first kappa shape index (κ1) is 18.9. The molecule has 1 aliphatic rings. The molecule has 6 nitrogen and oxygen atoms in total. The van der Waals surface area contributed by atoms with Crippen LogP contribution in [0.15, 0.2) is 48.5 Å². The predicted molar refractivity (Wildman–Crippen MR) is 109 cm³/mol. The third-order valence-corrected chi connectivity index (χ3v) is 4.85. The van der Waals surface area contributed by atoms with E-state index in [9.17, 15) is 9.59 Å². The van der Waals surface area contributed by atoms with Crippen molar-refractivity contribution in [2.75, 3.05) is 48.8 Å². The van der Waals surface area contributed by atoms with Gasteiger partial charge < -0.3 is 20.4 Å². The van der Waals surface area contributed by atoms with Gasteiger partial charge in [-0.05, 0) is 49.4 Å². The molecule has 0 aliphatic carbocycles. The first-order valence-corrected chi connectivity index (χ1v) is 9.30. The second-order valence-electron chi connectivity index (χ2n) is 6.76. The maximum Gasteiger partial charge on any atom is 0.314 e. The standard InChI is InChI=1S/C21H26N4O2/c1-3-16-6-4-5-7-19(16)23-21(27)20(26)22-17-8-10-18(11-9-17)25-14-12-24(2)13-15-25/h4-11H,3,12-15H2,1-2H3,(H,22,26)(H,23,27). The number of hydrogen-bond acceptors (Lipinski definition) is 4. The Labute approximate surface area is 160 Å². The van der Waals surface area contributed by atoms with E-state index in [1.807, 2.05) is 49.4 Å². The first-order chi connectivity index (χ1) is 13.1. The number of anilines is 3. The molecule has 0 unspecified atom stereocenters. The Hall–Kier alpha value is -2.86. The number of aryl methyl sites for hydroxylation is 1. The zero-order valence-electron chi connectivity index (χ0n) is 15.9. The number of carbonyl (C=O) groups excluding carboxylic acids is 2. The van der Waals surface area contributed by atoms with Crippen LogP contribution in [0.5, 0.6) is 0 Å². The number of para-hydroxylation sites is 1. The molecule has 1 fully saturated rings. The van der Waals surface area contributed by atoms with E-state index in [2.05, 4.69) is 27.5 Å². The van der Waals surface area contributed by atoms with Crippen LogP contribution in [0, 0.1) is 0 Å². The molecule has 1 heterocycles. The highest BCUT2D eigenvalue weighted by atomic mass is 16.2. The summed E-state index contributed by atoms with van der Waals surface area (Å²) in [6.45, 7) is 6.06. The van der Waals surface area contributed by atoms with Crippen molar-refractivity contribution in [1.29, 1.82) is 0 Å². The van der Waals surface area contributed by atoms with Gasteiger partial charge in [-0.3, -0.25) is 9.59 Å². The molecule has 0 radical (unpaired) electrons. The van der Waals surface area contributed by atoms with Crippen molar-refractivity contribution in [3.8, 4) is 0 Å². The summed E-state index contributed by atoms with van der Waals surface area (Å²) in [7, 11) is 2.12. The van der Waals surface area contributed by atoms with E-state index >= 15 is 0 Å². The van der Waals surface area contributed by atoms with Gasteiger partial charge in [0.2, 0.25) is 0 Å². The topological polar surface area (TPSA) is 64.7 Å². The fourth-order valence-corrected chi connectivity index (χ4v) is 3.14. The number of amides is 2. The van der Waals surface area contributed by atoms with Crippen LogP contribution in [0.4, 0.5) is 17.1 Å². The van der Waals surface area contributed by atoms with E-state index in [4.69, 9.17) is 0 Å². The van der Waals surface area contributed by atoms with Gasteiger partial charge in [0.05, 0.1) is 0 Å². The lowest BCUT2D eigenvalue weighted by Gasteiger charge is -2.34. The van der Waals surface area contributed by atoms with Crippen LogP contribution in [-0.4, -0.2) is 49.9 Å². The molecule has 2 aromatic carbocycles. The summed E-state index contributed by atoms with van der Waals surface area (Å²) < 4.78 is 0. The average Bonchev–Trinajstić information content (AvgIpc) is 2.69. The molecule has 2 aromatic rings. The molecule has 0 aromatic heterocycles. The molecule has 0 atom stereocenters. The molecule has 0 bridgehead atoms. The minimum Gasteiger partial charge on any atom is -0.369 e. The Morgan fingerprint density at radius 1 is 0.889 bits per heavy atom. The van der Waals surface area contributed by atoms with Crippen molar-refractivity contribution in [3.05, 3.63) is 54.1 Å². The lowest BCUT2D eigenvalue weighted by molar-refractivity contribution is -0.133. The minimum absolute atomic E-state index is 0.608. The molecule has 6 heteroatoms. The average molecular weight is 366 g/mol. The number of hydrogen-bond donors (Lipinski definition) is 2. The Morgan fingerprint density at radius 3 is 2.19 bits per heavy atom. The van der Waals surface area contributed by atoms with Crippen LogP contribution in [-0.2, 0) is 16.0 Å². The molecule has 0 saturated carbocycles. The maximum atomic E-state index is 12.2. The summed E-state index contributed by atoms with van der Waals surface area (Å²) in [5, 5.41) is 5.34. The molecule has 1 aliphatic heterocycles. The van der Waals surface area contributed by atoms with Gasteiger partial charge in [0, 0.05) is 43.2 Å². The van der Waals surface area contributed by atoms with Gasteiger partial charge in [-0.2, -0.15) is 0 Å². The third-order valence-electron chi connectivity index (χ3n) is 4.85. The van der Waals surface area contributed by atoms with Crippen LogP contribution < -0.4 is 15.5 Å². The van der Waals surface area contributed by atoms with Crippen LogP contribution >= 0.6 is 0 Å². The van der Waals surface area contributed by atoms with Crippen LogP contribution in [0.1, 0.15) is 12.5 Å². The van der Waals surface area contributed by atoms with Gasteiger partial charge in [-0.1, -0.05) is 25.1 Å². The fraction of sp³-hybridized carbons (Fsp3) is 0.333. The van der Waals surface area contributed by atoms with Crippen molar-refractivity contribution >= 4 is 28.9 Å². The summed E-state index contributed by atoms with van der Waals surface area (Å²) in [6, 6.07) is 15.1. The minimum atomic E-state index is -0.673. The lowest BCUT2D eigenvalue weighted by atomic mass is 10.1. The first-order valence-electron chi connectivity index (χ1n) is 9.30. The number of benzene rings is 2. The number of nitrogens with one attached hydrogen (secondary N) is 2. The number of nitrogens with zero attached hydrogens (tertiary/aromatic N) is 2. The highest BCUT2D eigenvalue weighted by Crippen LogP contribution is 2.20. The second-order valence-corrected chi connectivity index (χ2v) is 6.76. The van der Waals surface area contributed by atoms with Gasteiger partial charge in [-0.25, -0.2) is 0 Å². The molecular formula is C21H26N4O2. The van der Waals surface area contributed by atoms with Crippen molar-refractivity contribution in [1.82, 2.24) is 4.90 Å². The van der Waals surface area contributed by atoms with Crippen LogP contribution in [0.25, 0.3) is 0 Å². The third kappa shape index (κ3) is 4.86. The highest BCUT2D eigenvalue weighted by Gasteiger charge is 2.17. The summed E-state index contributed by atoms with van der Waals surface area (Å²) in [6.07, 6.45) is 0.784. The SMILES string of the molecule is CCc1ccccc1NC(=O)C(=O)Nc1ccc(N2CCN(C)CC2)cc1. The quantitative estimate of drug-likeness (QED) is 0.817. The summed E-state index contributed by atoms with van der Waals surface area (Å²) in [5.74, 6) is -1.34. The van der Waals surface area contributed by atoms with E-state index in [1.54, 1.807) is 6.07 Å². The van der Waals surface area contributed by atoms with Crippen molar-refractivity contribution < 1.29 is 9.59 Å². The van der Waals surface area contributed by atoms with E-state index < -0.39 is 11.8 Å². The summed E-state index contributed by atoms with van der Waals surface area (Å²) in [5.41, 5.74) is 3.40. The van der Waals surface area contributed by atoms with Gasteiger partial charge >= 0.3 is 11.8 Å². The monoisotopic (exact) mass is 366 g/mol. The van der Waals surface area contributed by atoms with Crippen LogP contribution in [0.3, 0.4) is 0 Å². The molecular weight excluding hydrogens is 340 g/mol. The van der Waals surface area contributed by atoms with Gasteiger partial charge in [0.1, 0.15) is 0 Å². The normalized spacial score (nSPS) is 14.7. The van der Waals surface area contributed by atoms with E-state index in [0.29, 0.717) is 11.4 Å². The summed E-state index contributed by atoms with van der Waals surface area (Å²) in [4.78, 5) is 29.0. The Morgan fingerprint density at radius 2 is 1.52 bits per heavy atom. The largest absolute Gasteiger partial charge is 0.369 e. The highest BCUT2D eigenvalue weighted by molar-refractivity contribution is 6.43. The van der Waals surface area contributed by atoms with Crippen molar-refractivity contribution in [2.45, 2.75) is 13.3 Å². The van der Waals surface area contributed by atoms with E-state index in [0.717, 1.165) is 43.9 Å². The second kappa shape index (κ2) is 8.68. The Balaban J connectivity index is 1.58. The summed E-state index contributed by atoms with van der Waals surface area (Å²) >= 11 is 0. The zero-order chi connectivity index (χ0) is 19.2. The van der Waals surface area contributed by atoms with Crippen LogP contribution in [0.2, 0.25) is 0 Å². The number of rotatable bonds is 4. The molecule has 1 saturated heterocycles.